The zero-order valence-electron chi connectivity index (χ0n) is 21.8. The highest BCUT2D eigenvalue weighted by Crippen LogP contribution is 2.35. The molecule has 0 saturated heterocycles. The van der Waals surface area contributed by atoms with Gasteiger partial charge in [-0.05, 0) is 56.2 Å². The minimum Gasteiger partial charge on any atom is -0.491 e. The van der Waals surface area contributed by atoms with Gasteiger partial charge in [-0.2, -0.15) is 5.10 Å². The Morgan fingerprint density at radius 3 is 2.46 bits per heavy atom. The molecule has 0 aromatic heterocycles. The Labute approximate surface area is 236 Å². The van der Waals surface area contributed by atoms with Gasteiger partial charge in [0.05, 0.1) is 48.2 Å². The predicted octanol–water partition coefficient (Wildman–Crippen LogP) is 3.91. The number of nitrogens with one attached hydrogen (secondary N) is 3. The van der Waals surface area contributed by atoms with Crippen LogP contribution in [0, 0.1) is 0 Å². The molecule has 0 saturated carbocycles. The molecule has 11 nitrogen and oxygen atoms in total. The minimum absolute atomic E-state index is 0.169. The number of allylic oxidation sites excluding steroid dienone is 1. The van der Waals surface area contributed by atoms with Crippen LogP contribution in [0.25, 0.3) is 0 Å². The van der Waals surface area contributed by atoms with Crippen LogP contribution in [0.4, 0.5) is 4.79 Å². The maximum Gasteiger partial charge on any atom is 0.337 e. The number of amides is 2. The average molecular weight is 581 g/mol. The van der Waals surface area contributed by atoms with Crippen molar-refractivity contribution >= 4 is 41.4 Å². The Morgan fingerprint density at radius 1 is 1.13 bits per heavy atom. The lowest BCUT2D eigenvalue weighted by molar-refractivity contribution is -0.136. The Balaban J connectivity index is 1.69. The number of aliphatic hydroxyl groups is 1. The van der Waals surface area contributed by atoms with Gasteiger partial charge < -0.3 is 34.7 Å². The summed E-state index contributed by atoms with van der Waals surface area (Å²) in [5, 5.41) is 20.3. The number of hydrogen-bond acceptors (Lipinski definition) is 9. The van der Waals surface area contributed by atoms with Crippen LogP contribution in [-0.2, 0) is 9.53 Å². The van der Waals surface area contributed by atoms with E-state index < -0.39 is 24.3 Å². The first-order valence-corrected chi connectivity index (χ1v) is 12.8. The van der Waals surface area contributed by atoms with Crippen molar-refractivity contribution in [1.82, 2.24) is 16.1 Å². The van der Waals surface area contributed by atoms with Crippen LogP contribution in [0.3, 0.4) is 0 Å². The second-order valence-electron chi connectivity index (χ2n) is 8.16. The summed E-state index contributed by atoms with van der Waals surface area (Å²) in [5.41, 5.74) is 4.39. The summed E-state index contributed by atoms with van der Waals surface area (Å²) in [7, 11) is 1.27. The molecule has 13 heteroatoms. The Bertz CT molecular complexity index is 1250. The summed E-state index contributed by atoms with van der Waals surface area (Å²) >= 11 is 12.4. The molecule has 210 valence electrons. The van der Waals surface area contributed by atoms with E-state index in [1.54, 1.807) is 44.2 Å². The maximum absolute atomic E-state index is 12.4. The van der Waals surface area contributed by atoms with E-state index in [1.165, 1.54) is 13.3 Å². The number of hydrazone groups is 1. The van der Waals surface area contributed by atoms with Gasteiger partial charge in [0.25, 0.3) is 0 Å². The van der Waals surface area contributed by atoms with Crippen LogP contribution in [0.15, 0.2) is 46.7 Å². The fourth-order valence-electron chi connectivity index (χ4n) is 3.76. The van der Waals surface area contributed by atoms with E-state index in [-0.39, 0.29) is 12.2 Å². The van der Waals surface area contributed by atoms with Crippen molar-refractivity contribution < 1.29 is 33.6 Å². The molecule has 4 N–H and O–H groups in total. The van der Waals surface area contributed by atoms with Crippen molar-refractivity contribution in [3.8, 4) is 17.2 Å². The van der Waals surface area contributed by atoms with Crippen LogP contribution < -0.4 is 30.3 Å². The molecule has 1 aliphatic heterocycles. The Morgan fingerprint density at radius 2 is 1.82 bits per heavy atom. The predicted molar refractivity (Wildman–Crippen MR) is 147 cm³/mol. The van der Waals surface area contributed by atoms with Gasteiger partial charge in [0.1, 0.15) is 6.61 Å². The second kappa shape index (κ2) is 13.9. The molecule has 0 bridgehead atoms. The molecule has 0 unspecified atom stereocenters. The number of nitrogens with zero attached hydrogens (tertiary/aromatic N) is 1. The van der Waals surface area contributed by atoms with Crippen molar-refractivity contribution in [2.24, 2.45) is 5.10 Å². The fraction of sp³-hybridized carbons (Fsp3) is 0.346. The zero-order valence-corrected chi connectivity index (χ0v) is 23.4. The molecule has 0 aliphatic carbocycles. The summed E-state index contributed by atoms with van der Waals surface area (Å²) in [6.07, 6.45) is 0.281. The summed E-state index contributed by atoms with van der Waals surface area (Å²) in [6, 6.07) is 7.02. The summed E-state index contributed by atoms with van der Waals surface area (Å²) in [4.78, 5) is 24.5. The minimum atomic E-state index is -1.16. The van der Waals surface area contributed by atoms with E-state index >= 15 is 0 Å². The van der Waals surface area contributed by atoms with Crippen molar-refractivity contribution in [3.05, 3.63) is 62.8 Å². The van der Waals surface area contributed by atoms with Crippen LogP contribution in [0.2, 0.25) is 10.0 Å². The van der Waals surface area contributed by atoms with Crippen LogP contribution >= 0.6 is 23.2 Å². The van der Waals surface area contributed by atoms with Crippen molar-refractivity contribution in [1.29, 1.82) is 0 Å². The first-order chi connectivity index (χ1) is 18.7. The highest BCUT2D eigenvalue weighted by atomic mass is 35.5. The van der Waals surface area contributed by atoms with E-state index in [0.29, 0.717) is 57.3 Å². The number of rotatable bonds is 12. The third-order valence-electron chi connectivity index (χ3n) is 5.42. The molecular formula is C26H30Cl2N4O7. The first kappa shape index (κ1) is 29.9. The van der Waals surface area contributed by atoms with Gasteiger partial charge in [-0.15, -0.1) is 0 Å². The smallest absolute Gasteiger partial charge is 0.337 e. The molecule has 0 radical (unpaired) electrons. The van der Waals surface area contributed by atoms with E-state index in [4.69, 9.17) is 42.1 Å². The quantitative estimate of drug-likeness (QED) is 0.128. The number of urea groups is 1. The zero-order chi connectivity index (χ0) is 28.5. The number of esters is 1. The van der Waals surface area contributed by atoms with E-state index in [1.807, 2.05) is 6.92 Å². The number of hydrogen-bond donors (Lipinski definition) is 4. The van der Waals surface area contributed by atoms with Crippen LogP contribution in [-0.4, -0.2) is 56.5 Å². The molecule has 2 aromatic rings. The molecule has 0 spiro atoms. The van der Waals surface area contributed by atoms with Gasteiger partial charge in [0.15, 0.2) is 23.5 Å². The van der Waals surface area contributed by atoms with E-state index in [9.17, 15) is 14.7 Å². The second-order valence-corrected chi connectivity index (χ2v) is 8.98. The molecule has 39 heavy (non-hydrogen) atoms. The molecule has 0 fully saturated rings. The van der Waals surface area contributed by atoms with Crippen LogP contribution in [0.5, 0.6) is 17.2 Å². The Kier molecular flexibility index (Phi) is 10.7. The molecule has 2 aromatic carbocycles. The SMILES string of the molecule is CCOc1cc([C@H]2NC(=O)NC(C)=C2C(=O)OC)ccc1OC[C@@H](O)N/N=C\c1cc(Cl)c(OCC)c(Cl)c1. The monoisotopic (exact) mass is 580 g/mol. The number of carbonyl (C=O) groups excluding carboxylic acids is 2. The number of methoxy groups -OCH3 is 1. The lowest BCUT2D eigenvalue weighted by atomic mass is 9.95. The number of ether oxygens (including phenoxy) is 4. The van der Waals surface area contributed by atoms with Gasteiger partial charge >= 0.3 is 12.0 Å². The standard InChI is InChI=1S/C26H30Cl2N4O7/c1-5-37-20-11-16(23-22(25(34)36-4)14(3)30-26(35)31-23)7-8-19(20)39-13-21(33)32-29-12-15-9-17(27)24(38-6-2)18(28)10-15/h7-12,21,23,32-33H,5-6,13H2,1-4H3,(H2,30,31,35)/b29-12-/t21-,23-/m1/s1. The summed E-state index contributed by atoms with van der Waals surface area (Å²) in [5.74, 6) is 0.522. The highest BCUT2D eigenvalue weighted by molar-refractivity contribution is 6.37. The lowest BCUT2D eigenvalue weighted by Crippen LogP contribution is -2.45. The first-order valence-electron chi connectivity index (χ1n) is 12.0. The number of aliphatic hydroxyl groups excluding tert-OH is 1. The van der Waals surface area contributed by atoms with E-state index in [2.05, 4.69) is 21.2 Å². The molecule has 2 amide bonds. The number of benzene rings is 2. The van der Waals surface area contributed by atoms with Gasteiger partial charge in [0.2, 0.25) is 0 Å². The van der Waals surface area contributed by atoms with Crippen molar-refractivity contribution in [3.63, 3.8) is 0 Å². The molecule has 3 rings (SSSR count). The normalized spacial score (nSPS) is 15.9. The molecule has 1 aliphatic rings. The van der Waals surface area contributed by atoms with Crippen molar-refractivity contribution in [2.45, 2.75) is 33.0 Å². The average Bonchev–Trinajstić information content (AvgIpc) is 2.89. The van der Waals surface area contributed by atoms with Gasteiger partial charge in [-0.25, -0.2) is 9.59 Å². The summed E-state index contributed by atoms with van der Waals surface area (Å²) < 4.78 is 21.7. The molecule has 2 atom stereocenters. The maximum atomic E-state index is 12.4. The van der Waals surface area contributed by atoms with Gasteiger partial charge in [0, 0.05) is 5.70 Å². The topological polar surface area (TPSA) is 140 Å². The third kappa shape index (κ3) is 7.69. The highest BCUT2D eigenvalue weighted by Gasteiger charge is 2.32. The van der Waals surface area contributed by atoms with Gasteiger partial charge in [-0.1, -0.05) is 29.3 Å². The van der Waals surface area contributed by atoms with Gasteiger partial charge in [-0.3, -0.25) is 5.43 Å². The van der Waals surface area contributed by atoms with Crippen molar-refractivity contribution in [2.75, 3.05) is 26.9 Å². The Hall–Kier alpha value is -3.67. The lowest BCUT2D eigenvalue weighted by Gasteiger charge is -2.28. The number of halogens is 2. The molecule has 1 heterocycles. The fourth-order valence-corrected chi connectivity index (χ4v) is 4.37. The summed E-state index contributed by atoms with van der Waals surface area (Å²) in [6.45, 7) is 5.84. The largest absolute Gasteiger partial charge is 0.491 e. The van der Waals surface area contributed by atoms with E-state index in [0.717, 1.165) is 0 Å². The third-order valence-corrected chi connectivity index (χ3v) is 5.98. The molecular weight excluding hydrogens is 551 g/mol. The number of carbonyl (C=O) groups is 2. The van der Waals surface area contributed by atoms with Crippen LogP contribution in [0.1, 0.15) is 37.9 Å².